The predicted molar refractivity (Wildman–Crippen MR) is 109 cm³/mol. The first-order valence-corrected chi connectivity index (χ1v) is 10.8. The number of carbonyl (C=O) groups excluding carboxylic acids is 1. The number of benzene rings is 1. The number of methoxy groups -OCH3 is 1. The van der Waals surface area contributed by atoms with E-state index in [2.05, 4.69) is 4.98 Å². The summed E-state index contributed by atoms with van der Waals surface area (Å²) in [5.74, 6) is 0.537. The van der Waals surface area contributed by atoms with E-state index < -0.39 is 0 Å². The second-order valence-electron chi connectivity index (χ2n) is 6.54. The second-order valence-corrected chi connectivity index (χ2v) is 8.53. The summed E-state index contributed by atoms with van der Waals surface area (Å²) in [7, 11) is 1.65. The van der Waals surface area contributed by atoms with E-state index in [1.165, 1.54) is 41.0 Å². The van der Waals surface area contributed by atoms with Crippen LogP contribution in [0.15, 0.2) is 35.7 Å². The summed E-state index contributed by atoms with van der Waals surface area (Å²) >= 11 is 3.11. The molecule has 0 N–H and O–H groups in total. The quantitative estimate of drug-likeness (QED) is 0.419. The SMILES string of the molecule is COc1ccccc1-c1nc(COC(=O)c2cc3c(s2)CCCCC3)cs1. The molecular formula is C21H21NO3S2. The Hall–Kier alpha value is -2.18. The summed E-state index contributed by atoms with van der Waals surface area (Å²) < 4.78 is 10.9. The van der Waals surface area contributed by atoms with E-state index in [9.17, 15) is 4.79 Å². The van der Waals surface area contributed by atoms with Crippen molar-refractivity contribution in [2.75, 3.05) is 7.11 Å². The lowest BCUT2D eigenvalue weighted by Crippen LogP contribution is -2.03. The van der Waals surface area contributed by atoms with Crippen molar-refractivity contribution in [1.29, 1.82) is 0 Å². The number of para-hydroxylation sites is 1. The maximum Gasteiger partial charge on any atom is 0.348 e. The molecule has 1 aliphatic rings. The fraction of sp³-hybridized carbons (Fsp3) is 0.333. The monoisotopic (exact) mass is 399 g/mol. The largest absolute Gasteiger partial charge is 0.496 e. The molecule has 0 unspecified atom stereocenters. The lowest BCUT2D eigenvalue weighted by atomic mass is 10.1. The van der Waals surface area contributed by atoms with Gasteiger partial charge in [-0.15, -0.1) is 22.7 Å². The third kappa shape index (κ3) is 4.06. The third-order valence-electron chi connectivity index (χ3n) is 4.69. The Morgan fingerprint density at radius 2 is 2.04 bits per heavy atom. The van der Waals surface area contributed by atoms with Crippen LogP contribution in [0.5, 0.6) is 5.75 Å². The van der Waals surface area contributed by atoms with Gasteiger partial charge >= 0.3 is 5.97 Å². The molecule has 0 bridgehead atoms. The molecule has 140 valence electrons. The molecule has 1 aromatic carbocycles. The summed E-state index contributed by atoms with van der Waals surface area (Å²) in [5.41, 5.74) is 3.04. The Kier molecular flexibility index (Phi) is 5.55. The number of ether oxygens (including phenoxy) is 2. The fourth-order valence-corrected chi connectivity index (χ4v) is 5.28. The maximum atomic E-state index is 12.4. The molecule has 0 amide bonds. The smallest absolute Gasteiger partial charge is 0.348 e. The van der Waals surface area contributed by atoms with Gasteiger partial charge in [-0.05, 0) is 49.4 Å². The highest BCUT2D eigenvalue weighted by Crippen LogP contribution is 2.32. The molecule has 0 aliphatic heterocycles. The average molecular weight is 400 g/mol. The molecule has 1 aliphatic carbocycles. The van der Waals surface area contributed by atoms with Crippen LogP contribution in [0.1, 0.15) is 45.1 Å². The number of rotatable bonds is 5. The molecule has 6 heteroatoms. The summed E-state index contributed by atoms with van der Waals surface area (Å²) in [4.78, 5) is 19.1. The summed E-state index contributed by atoms with van der Waals surface area (Å²) in [6.07, 6.45) is 5.87. The molecule has 3 aromatic rings. The number of hydrogen-bond acceptors (Lipinski definition) is 6. The third-order valence-corrected chi connectivity index (χ3v) is 6.83. The van der Waals surface area contributed by atoms with Gasteiger partial charge in [0.1, 0.15) is 22.2 Å². The van der Waals surface area contributed by atoms with E-state index in [-0.39, 0.29) is 12.6 Å². The molecule has 4 nitrogen and oxygen atoms in total. The van der Waals surface area contributed by atoms with E-state index in [4.69, 9.17) is 9.47 Å². The zero-order chi connectivity index (χ0) is 18.6. The molecule has 0 saturated heterocycles. The number of fused-ring (bicyclic) bond motifs is 1. The van der Waals surface area contributed by atoms with Crippen LogP contribution in [-0.4, -0.2) is 18.1 Å². The standard InChI is InChI=1S/C21H21NO3S2/c1-24-17-9-6-5-8-16(17)20-22-15(13-26-20)12-25-21(23)19-11-14-7-3-2-4-10-18(14)27-19/h5-6,8-9,11,13H,2-4,7,10,12H2,1H3. The average Bonchev–Trinajstić information content (AvgIpc) is 3.28. The summed E-state index contributed by atoms with van der Waals surface area (Å²) in [6.45, 7) is 0.188. The van der Waals surface area contributed by atoms with Gasteiger partial charge in [0.25, 0.3) is 0 Å². The Morgan fingerprint density at radius 1 is 1.19 bits per heavy atom. The zero-order valence-electron chi connectivity index (χ0n) is 15.2. The number of aromatic nitrogens is 1. The fourth-order valence-electron chi connectivity index (χ4n) is 3.30. The molecule has 0 radical (unpaired) electrons. The zero-order valence-corrected chi connectivity index (χ0v) is 16.8. The molecule has 0 fully saturated rings. The van der Waals surface area contributed by atoms with Crippen molar-refractivity contribution in [3.8, 4) is 16.3 Å². The minimum absolute atomic E-state index is 0.188. The van der Waals surface area contributed by atoms with Crippen molar-refractivity contribution < 1.29 is 14.3 Å². The van der Waals surface area contributed by atoms with Gasteiger partial charge in [0.15, 0.2) is 0 Å². The number of thiophene rings is 1. The highest BCUT2D eigenvalue weighted by atomic mass is 32.1. The normalized spacial score (nSPS) is 13.7. The van der Waals surface area contributed by atoms with Crippen molar-refractivity contribution >= 4 is 28.6 Å². The van der Waals surface area contributed by atoms with Crippen LogP contribution in [0.4, 0.5) is 0 Å². The van der Waals surface area contributed by atoms with Crippen molar-refractivity contribution in [1.82, 2.24) is 4.98 Å². The first-order chi connectivity index (χ1) is 13.2. The first kappa shape index (κ1) is 18.2. The molecule has 2 aromatic heterocycles. The molecule has 2 heterocycles. The molecule has 27 heavy (non-hydrogen) atoms. The Bertz CT molecular complexity index is 921. The Labute approximate surface area is 166 Å². The molecular weight excluding hydrogens is 378 g/mol. The Morgan fingerprint density at radius 3 is 2.93 bits per heavy atom. The van der Waals surface area contributed by atoms with Crippen LogP contribution in [0.25, 0.3) is 10.6 Å². The van der Waals surface area contributed by atoms with Gasteiger partial charge in [-0.2, -0.15) is 0 Å². The predicted octanol–water partition coefficient (Wildman–Crippen LogP) is 5.51. The number of thiazole rings is 1. The van der Waals surface area contributed by atoms with Crippen LogP contribution in [0, 0.1) is 0 Å². The van der Waals surface area contributed by atoms with Crippen molar-refractivity contribution in [2.24, 2.45) is 0 Å². The van der Waals surface area contributed by atoms with Crippen LogP contribution >= 0.6 is 22.7 Å². The van der Waals surface area contributed by atoms with E-state index in [1.54, 1.807) is 18.4 Å². The van der Waals surface area contributed by atoms with Crippen molar-refractivity contribution in [2.45, 2.75) is 38.7 Å². The van der Waals surface area contributed by atoms with Crippen LogP contribution in [0.2, 0.25) is 0 Å². The van der Waals surface area contributed by atoms with Crippen molar-refractivity contribution in [3.63, 3.8) is 0 Å². The van der Waals surface area contributed by atoms with E-state index in [1.807, 2.05) is 35.7 Å². The van der Waals surface area contributed by atoms with Gasteiger partial charge in [-0.3, -0.25) is 0 Å². The van der Waals surface area contributed by atoms with Gasteiger partial charge in [0.05, 0.1) is 18.4 Å². The van der Waals surface area contributed by atoms with E-state index in [0.717, 1.165) is 34.9 Å². The van der Waals surface area contributed by atoms with Gasteiger partial charge in [-0.25, -0.2) is 9.78 Å². The number of aryl methyl sites for hydroxylation is 2. The topological polar surface area (TPSA) is 48.4 Å². The molecule has 0 saturated carbocycles. The molecule has 0 spiro atoms. The van der Waals surface area contributed by atoms with Gasteiger partial charge < -0.3 is 9.47 Å². The summed E-state index contributed by atoms with van der Waals surface area (Å²) in [6, 6.07) is 9.80. The minimum Gasteiger partial charge on any atom is -0.496 e. The minimum atomic E-state index is -0.250. The molecule has 0 atom stereocenters. The lowest BCUT2D eigenvalue weighted by molar-refractivity contribution is 0.0474. The first-order valence-electron chi connectivity index (χ1n) is 9.11. The van der Waals surface area contributed by atoms with Gasteiger partial charge in [0.2, 0.25) is 0 Å². The van der Waals surface area contributed by atoms with Crippen LogP contribution < -0.4 is 4.74 Å². The van der Waals surface area contributed by atoms with Crippen LogP contribution in [-0.2, 0) is 24.2 Å². The highest BCUT2D eigenvalue weighted by Gasteiger charge is 2.18. The Balaban J connectivity index is 1.42. The molecule has 4 rings (SSSR count). The number of nitrogens with zero attached hydrogens (tertiary/aromatic N) is 1. The maximum absolute atomic E-state index is 12.4. The number of carbonyl (C=O) groups is 1. The summed E-state index contributed by atoms with van der Waals surface area (Å²) in [5, 5.41) is 2.79. The van der Waals surface area contributed by atoms with Crippen molar-refractivity contribution in [3.05, 3.63) is 56.7 Å². The highest BCUT2D eigenvalue weighted by molar-refractivity contribution is 7.14. The second kappa shape index (κ2) is 8.23. The van der Waals surface area contributed by atoms with E-state index >= 15 is 0 Å². The van der Waals surface area contributed by atoms with E-state index in [0.29, 0.717) is 4.88 Å². The lowest BCUT2D eigenvalue weighted by Gasteiger charge is -2.04. The van der Waals surface area contributed by atoms with Crippen LogP contribution in [0.3, 0.4) is 0 Å². The van der Waals surface area contributed by atoms with Gasteiger partial charge in [-0.1, -0.05) is 18.6 Å². The number of esters is 1. The van der Waals surface area contributed by atoms with Gasteiger partial charge in [0, 0.05) is 10.3 Å². The number of hydrogen-bond donors (Lipinski definition) is 0.